The Bertz CT molecular complexity index is 1670. The van der Waals surface area contributed by atoms with Gasteiger partial charge in [-0.2, -0.15) is 0 Å². The van der Waals surface area contributed by atoms with Crippen LogP contribution in [-0.2, 0) is 13.0 Å². The minimum atomic E-state index is -0.805. The molecular formula is C32H38N6O4. The predicted octanol–water partition coefficient (Wildman–Crippen LogP) is 3.69. The highest BCUT2D eigenvalue weighted by Crippen LogP contribution is 2.32. The smallest absolute Gasteiger partial charge is 0.261 e. The molecule has 2 aliphatic rings. The molecule has 4 heterocycles. The second kappa shape index (κ2) is 11.6. The average molecular weight is 571 g/mol. The summed E-state index contributed by atoms with van der Waals surface area (Å²) in [6.45, 7) is 6.99. The SMILES string of the molecule is CCc1cc(C)ccc1OC[C@H](O)CNc1cc[nH]c(=O)c1-c1nc2cc3c(cc2[nH]1)CN(C1CCN(C)CC1)C3=O. The van der Waals surface area contributed by atoms with Gasteiger partial charge in [0.2, 0.25) is 0 Å². The molecule has 0 aliphatic carbocycles. The summed E-state index contributed by atoms with van der Waals surface area (Å²) in [6, 6.07) is 11.8. The van der Waals surface area contributed by atoms with Crippen molar-refractivity contribution in [2.45, 2.75) is 51.8 Å². The molecule has 0 radical (unpaired) electrons. The Balaban J connectivity index is 1.17. The van der Waals surface area contributed by atoms with Gasteiger partial charge >= 0.3 is 0 Å². The van der Waals surface area contributed by atoms with Gasteiger partial charge in [0.1, 0.15) is 29.8 Å². The van der Waals surface area contributed by atoms with Crippen molar-refractivity contribution in [3.8, 4) is 17.1 Å². The molecule has 0 spiro atoms. The summed E-state index contributed by atoms with van der Waals surface area (Å²) in [6.07, 6.45) is 3.56. The first-order valence-corrected chi connectivity index (χ1v) is 14.7. The molecule has 1 saturated heterocycles. The van der Waals surface area contributed by atoms with Gasteiger partial charge in [-0.05, 0) is 81.7 Å². The van der Waals surface area contributed by atoms with Crippen LogP contribution in [0.4, 0.5) is 5.69 Å². The van der Waals surface area contributed by atoms with Crippen molar-refractivity contribution < 1.29 is 14.6 Å². The Labute approximate surface area is 244 Å². The van der Waals surface area contributed by atoms with Crippen molar-refractivity contribution in [3.05, 3.63) is 75.2 Å². The molecule has 10 nitrogen and oxygen atoms in total. The Kier molecular flexibility index (Phi) is 7.74. The van der Waals surface area contributed by atoms with E-state index in [1.54, 1.807) is 12.3 Å². The fraction of sp³-hybridized carbons (Fsp3) is 0.406. The first kappa shape index (κ1) is 28.0. The Morgan fingerprint density at radius 2 is 1.98 bits per heavy atom. The summed E-state index contributed by atoms with van der Waals surface area (Å²) in [7, 11) is 2.12. The number of piperidine rings is 1. The molecule has 0 unspecified atom stereocenters. The number of ether oxygens (including phenoxy) is 1. The molecule has 2 aromatic heterocycles. The third-order valence-electron chi connectivity index (χ3n) is 8.42. The number of pyridine rings is 1. The lowest BCUT2D eigenvalue weighted by molar-refractivity contribution is 0.0617. The van der Waals surface area contributed by atoms with E-state index in [1.165, 1.54) is 5.56 Å². The van der Waals surface area contributed by atoms with Crippen LogP contribution in [0.1, 0.15) is 46.8 Å². The number of aryl methyl sites for hydroxylation is 2. The molecule has 1 amide bonds. The van der Waals surface area contributed by atoms with Gasteiger partial charge in [-0.15, -0.1) is 0 Å². The van der Waals surface area contributed by atoms with Crippen LogP contribution in [0.15, 0.2) is 47.4 Å². The molecule has 2 aromatic carbocycles. The number of H-pyrrole nitrogens is 2. The largest absolute Gasteiger partial charge is 0.491 e. The number of carbonyl (C=O) groups is 1. The number of carbonyl (C=O) groups excluding carboxylic acids is 1. The number of aliphatic hydroxyl groups excluding tert-OH is 1. The van der Waals surface area contributed by atoms with Crippen molar-refractivity contribution >= 4 is 22.6 Å². The van der Waals surface area contributed by atoms with Crippen molar-refractivity contribution in [2.24, 2.45) is 0 Å². The van der Waals surface area contributed by atoms with E-state index in [0.717, 1.165) is 54.7 Å². The lowest BCUT2D eigenvalue weighted by Gasteiger charge is -2.34. The number of aliphatic hydroxyl groups is 1. The quantitative estimate of drug-likeness (QED) is 0.242. The number of hydrogen-bond acceptors (Lipinski definition) is 7. The van der Waals surface area contributed by atoms with Crippen LogP contribution in [0.3, 0.4) is 0 Å². The van der Waals surface area contributed by atoms with E-state index >= 15 is 0 Å². The van der Waals surface area contributed by atoms with Gasteiger partial charge in [-0.1, -0.05) is 24.6 Å². The zero-order valence-corrected chi connectivity index (χ0v) is 24.4. The maximum atomic E-state index is 13.3. The van der Waals surface area contributed by atoms with Gasteiger partial charge in [0, 0.05) is 30.9 Å². The molecule has 0 saturated carbocycles. The number of nitrogens with zero attached hydrogens (tertiary/aromatic N) is 3. The van der Waals surface area contributed by atoms with Crippen LogP contribution >= 0.6 is 0 Å². The number of aromatic nitrogens is 3. The molecule has 1 atom stereocenters. The lowest BCUT2D eigenvalue weighted by Crippen LogP contribution is -2.43. The van der Waals surface area contributed by atoms with Gasteiger partial charge in [-0.25, -0.2) is 4.98 Å². The summed E-state index contributed by atoms with van der Waals surface area (Å²) in [5.74, 6) is 1.22. The number of fused-ring (bicyclic) bond motifs is 2. The maximum Gasteiger partial charge on any atom is 0.261 e. The molecule has 10 heteroatoms. The van der Waals surface area contributed by atoms with E-state index in [1.807, 2.05) is 36.1 Å². The van der Waals surface area contributed by atoms with Crippen LogP contribution < -0.4 is 15.6 Å². The molecule has 4 aromatic rings. The summed E-state index contributed by atoms with van der Waals surface area (Å²) in [5, 5.41) is 13.8. The van der Waals surface area contributed by atoms with Gasteiger partial charge in [-0.3, -0.25) is 9.59 Å². The minimum Gasteiger partial charge on any atom is -0.491 e. The van der Waals surface area contributed by atoms with Crippen molar-refractivity contribution in [3.63, 3.8) is 0 Å². The van der Waals surface area contributed by atoms with E-state index < -0.39 is 6.10 Å². The Morgan fingerprint density at radius 3 is 2.76 bits per heavy atom. The minimum absolute atomic E-state index is 0.0545. The van der Waals surface area contributed by atoms with E-state index in [4.69, 9.17) is 9.72 Å². The average Bonchev–Trinajstić information content (AvgIpc) is 3.54. The highest BCUT2D eigenvalue weighted by molar-refractivity contribution is 6.02. The number of aromatic amines is 2. The maximum absolute atomic E-state index is 13.3. The molecule has 220 valence electrons. The number of imidazole rings is 1. The number of benzene rings is 2. The van der Waals surface area contributed by atoms with Crippen molar-refractivity contribution in [2.75, 3.05) is 38.6 Å². The van der Waals surface area contributed by atoms with Crippen LogP contribution in [0.5, 0.6) is 5.75 Å². The highest BCUT2D eigenvalue weighted by Gasteiger charge is 2.34. The second-order valence-corrected chi connectivity index (χ2v) is 11.5. The summed E-state index contributed by atoms with van der Waals surface area (Å²) in [4.78, 5) is 41.3. The molecule has 0 bridgehead atoms. The van der Waals surface area contributed by atoms with Crippen LogP contribution in [0.25, 0.3) is 22.4 Å². The number of anilines is 1. The van der Waals surface area contributed by atoms with Crippen LogP contribution in [0.2, 0.25) is 0 Å². The molecule has 1 fully saturated rings. The fourth-order valence-electron chi connectivity index (χ4n) is 6.02. The van der Waals surface area contributed by atoms with E-state index in [0.29, 0.717) is 34.7 Å². The molecule has 42 heavy (non-hydrogen) atoms. The van der Waals surface area contributed by atoms with Gasteiger partial charge in [0.25, 0.3) is 11.5 Å². The second-order valence-electron chi connectivity index (χ2n) is 11.5. The monoisotopic (exact) mass is 570 g/mol. The van der Waals surface area contributed by atoms with Gasteiger partial charge in [0.05, 0.1) is 16.7 Å². The first-order valence-electron chi connectivity index (χ1n) is 14.7. The molecule has 2 aliphatic heterocycles. The van der Waals surface area contributed by atoms with Crippen LogP contribution in [0, 0.1) is 6.92 Å². The summed E-state index contributed by atoms with van der Waals surface area (Å²) < 4.78 is 5.90. The molecule has 4 N–H and O–H groups in total. The number of likely N-dealkylation sites (tertiary alicyclic amines) is 1. The zero-order chi connectivity index (χ0) is 29.4. The Hall–Kier alpha value is -4.15. The molecular weight excluding hydrogens is 532 g/mol. The lowest BCUT2D eigenvalue weighted by atomic mass is 10.0. The van der Waals surface area contributed by atoms with E-state index in [9.17, 15) is 14.7 Å². The third kappa shape index (κ3) is 5.52. The first-order chi connectivity index (χ1) is 20.3. The van der Waals surface area contributed by atoms with Gasteiger partial charge in [0.15, 0.2) is 0 Å². The normalized spacial score (nSPS) is 16.7. The van der Waals surface area contributed by atoms with E-state index in [2.05, 4.69) is 40.2 Å². The fourth-order valence-corrected chi connectivity index (χ4v) is 6.02. The van der Waals surface area contributed by atoms with Gasteiger partial charge < -0.3 is 34.9 Å². The van der Waals surface area contributed by atoms with Crippen molar-refractivity contribution in [1.82, 2.24) is 24.8 Å². The zero-order valence-electron chi connectivity index (χ0n) is 24.4. The molecule has 6 rings (SSSR count). The number of nitrogens with one attached hydrogen (secondary N) is 3. The topological polar surface area (TPSA) is 127 Å². The van der Waals surface area contributed by atoms with Crippen LogP contribution in [-0.4, -0.2) is 81.2 Å². The Morgan fingerprint density at radius 1 is 1.17 bits per heavy atom. The summed E-state index contributed by atoms with van der Waals surface area (Å²) >= 11 is 0. The summed E-state index contributed by atoms with van der Waals surface area (Å²) in [5.41, 5.74) is 5.90. The number of hydrogen-bond donors (Lipinski definition) is 4. The predicted molar refractivity (Wildman–Crippen MR) is 163 cm³/mol. The number of rotatable bonds is 9. The number of amides is 1. The van der Waals surface area contributed by atoms with E-state index in [-0.39, 0.29) is 30.7 Å². The highest BCUT2D eigenvalue weighted by atomic mass is 16.5. The standard InChI is InChI=1S/C32H38N6O4/c1-4-20-13-19(2)5-6-28(20)42-18-23(39)16-34-25-7-10-33-31(40)29(25)30-35-26-14-21-17-38(22-8-11-37(3)12-9-22)32(41)24(21)15-27(26)36-30/h5-7,10,13-15,22-23,39H,4,8-9,11-12,16-18H2,1-3H3,(H,35,36)(H2,33,34,40)/t23-/m1/s1. The van der Waals surface area contributed by atoms with Crippen molar-refractivity contribution in [1.29, 1.82) is 0 Å². The third-order valence-corrected chi connectivity index (χ3v) is 8.42.